The molecule has 1 aromatic carbocycles. The van der Waals surface area contributed by atoms with Gasteiger partial charge in [-0.2, -0.15) is 0 Å². The number of fused-ring (bicyclic) bond motifs is 1. The topological polar surface area (TPSA) is 63.0 Å². The molecule has 5 heteroatoms. The minimum absolute atomic E-state index is 0.126. The van der Waals surface area contributed by atoms with E-state index < -0.39 is 0 Å². The van der Waals surface area contributed by atoms with Gasteiger partial charge in [-0.25, -0.2) is 9.50 Å². The van der Waals surface area contributed by atoms with Crippen molar-refractivity contribution >= 4 is 5.65 Å². The van der Waals surface area contributed by atoms with Crippen molar-refractivity contribution < 1.29 is 0 Å². The minimum Gasteiger partial charge on any atom is -0.296 e. The van der Waals surface area contributed by atoms with Gasteiger partial charge in [0.25, 0.3) is 5.56 Å². The van der Waals surface area contributed by atoms with E-state index in [0.29, 0.717) is 11.2 Å². The largest absolute Gasteiger partial charge is 0.296 e. The van der Waals surface area contributed by atoms with Crippen LogP contribution in [0.2, 0.25) is 0 Å². The van der Waals surface area contributed by atoms with E-state index in [1.165, 1.54) is 4.52 Å². The highest BCUT2D eigenvalue weighted by Gasteiger charge is 2.13. The number of nitrogens with zero attached hydrogens (tertiary/aromatic N) is 3. The predicted octanol–water partition coefficient (Wildman–Crippen LogP) is 2.75. The summed E-state index contributed by atoms with van der Waals surface area (Å²) in [6.45, 7) is 0. The van der Waals surface area contributed by atoms with Crippen molar-refractivity contribution in [3.05, 3.63) is 77.5 Å². The second-order valence-corrected chi connectivity index (χ2v) is 4.90. The fraction of sp³-hybridized carbons (Fsp3) is 0. The van der Waals surface area contributed by atoms with Gasteiger partial charge in [0.15, 0.2) is 5.65 Å². The molecule has 3 aromatic heterocycles. The van der Waals surface area contributed by atoms with Gasteiger partial charge in [-0.05, 0) is 17.7 Å². The third-order valence-electron chi connectivity index (χ3n) is 3.57. The number of benzene rings is 1. The van der Waals surface area contributed by atoms with Crippen molar-refractivity contribution in [1.29, 1.82) is 0 Å². The average Bonchev–Trinajstić information content (AvgIpc) is 3.02. The molecule has 0 aliphatic carbocycles. The number of aromatic nitrogens is 4. The number of hydrogen-bond acceptors (Lipinski definition) is 3. The van der Waals surface area contributed by atoms with E-state index in [4.69, 9.17) is 0 Å². The van der Waals surface area contributed by atoms with Crippen LogP contribution in [0.4, 0.5) is 0 Å². The molecule has 1 N–H and O–H groups in total. The third kappa shape index (κ3) is 1.91. The van der Waals surface area contributed by atoms with Gasteiger partial charge in [-0.1, -0.05) is 36.4 Å². The molecular weight excluding hydrogens is 276 g/mol. The van der Waals surface area contributed by atoms with Crippen LogP contribution in [0.15, 0.2) is 71.9 Å². The van der Waals surface area contributed by atoms with Crippen LogP contribution in [-0.2, 0) is 0 Å². The van der Waals surface area contributed by atoms with E-state index in [2.05, 4.69) is 15.1 Å². The Hall–Kier alpha value is -3.21. The van der Waals surface area contributed by atoms with Crippen LogP contribution in [0.1, 0.15) is 0 Å². The van der Waals surface area contributed by atoms with Crippen LogP contribution < -0.4 is 5.56 Å². The first-order valence-corrected chi connectivity index (χ1v) is 6.90. The number of hydrogen-bond donors (Lipinski definition) is 1. The zero-order valence-corrected chi connectivity index (χ0v) is 11.6. The summed E-state index contributed by atoms with van der Waals surface area (Å²) in [7, 11) is 0. The van der Waals surface area contributed by atoms with Crippen LogP contribution in [0.3, 0.4) is 0 Å². The van der Waals surface area contributed by atoms with Crippen molar-refractivity contribution in [1.82, 2.24) is 19.6 Å². The first-order valence-electron chi connectivity index (χ1n) is 6.90. The Bertz CT molecular complexity index is 988. The highest BCUT2D eigenvalue weighted by molar-refractivity contribution is 5.75. The molecular formula is C17H12N4O. The summed E-state index contributed by atoms with van der Waals surface area (Å²) < 4.78 is 1.45. The van der Waals surface area contributed by atoms with E-state index in [9.17, 15) is 4.79 Å². The lowest BCUT2D eigenvalue weighted by atomic mass is 10.1. The molecule has 3 heterocycles. The summed E-state index contributed by atoms with van der Waals surface area (Å²) in [5, 5.41) is 2.97. The van der Waals surface area contributed by atoms with Crippen molar-refractivity contribution in [2.24, 2.45) is 0 Å². The first kappa shape index (κ1) is 12.5. The summed E-state index contributed by atoms with van der Waals surface area (Å²) in [5.41, 5.74) is 3.44. The van der Waals surface area contributed by atoms with E-state index in [1.807, 2.05) is 48.5 Å². The normalized spacial score (nSPS) is 10.9. The minimum atomic E-state index is -0.126. The molecule has 0 aliphatic rings. The number of H-pyrrole nitrogens is 1. The van der Waals surface area contributed by atoms with Crippen molar-refractivity contribution in [2.75, 3.05) is 0 Å². The second kappa shape index (κ2) is 4.96. The highest BCUT2D eigenvalue weighted by atomic mass is 16.1. The van der Waals surface area contributed by atoms with Gasteiger partial charge in [-0.15, -0.1) is 0 Å². The molecule has 22 heavy (non-hydrogen) atoms. The maximum Gasteiger partial charge on any atom is 0.280 e. The van der Waals surface area contributed by atoms with Crippen LogP contribution in [0.25, 0.3) is 28.0 Å². The molecule has 106 valence electrons. The van der Waals surface area contributed by atoms with Crippen molar-refractivity contribution in [2.45, 2.75) is 0 Å². The molecule has 0 unspecified atom stereocenters. The fourth-order valence-corrected chi connectivity index (χ4v) is 2.48. The Morgan fingerprint density at radius 2 is 1.73 bits per heavy atom. The molecule has 0 atom stereocenters. The summed E-state index contributed by atoms with van der Waals surface area (Å²) in [6.07, 6.45) is 5.09. The number of pyridine rings is 1. The standard InChI is InChI=1S/C17H12N4O/c22-17-13(12-6-2-1-3-7-12)10-19-16-14(11-20-21(16)17)15-8-4-5-9-18-15/h1-11,20H. The Kier molecular flexibility index (Phi) is 2.83. The lowest BCUT2D eigenvalue weighted by Gasteiger charge is -2.02. The van der Waals surface area contributed by atoms with Gasteiger partial charge >= 0.3 is 0 Å². The Balaban J connectivity index is 1.94. The van der Waals surface area contributed by atoms with Gasteiger partial charge in [-0.3, -0.25) is 14.9 Å². The lowest BCUT2D eigenvalue weighted by molar-refractivity contribution is 0.902. The maximum absolute atomic E-state index is 12.6. The Labute approximate surface area is 125 Å². The molecule has 0 fully saturated rings. The molecule has 5 nitrogen and oxygen atoms in total. The van der Waals surface area contributed by atoms with Crippen LogP contribution in [0, 0.1) is 0 Å². The van der Waals surface area contributed by atoms with E-state index in [1.54, 1.807) is 18.6 Å². The van der Waals surface area contributed by atoms with Gasteiger partial charge in [0.2, 0.25) is 0 Å². The molecule has 0 spiro atoms. The van der Waals surface area contributed by atoms with Crippen molar-refractivity contribution in [3.63, 3.8) is 0 Å². The second-order valence-electron chi connectivity index (χ2n) is 4.90. The molecule has 0 bridgehead atoms. The first-order chi connectivity index (χ1) is 10.8. The molecule has 4 rings (SSSR count). The van der Waals surface area contributed by atoms with Gasteiger partial charge in [0.05, 0.1) is 16.8 Å². The molecule has 0 aliphatic heterocycles. The maximum atomic E-state index is 12.6. The SMILES string of the molecule is O=c1c(-c2ccccc2)cnc2c(-c3ccccn3)c[nH]n12. The third-order valence-corrected chi connectivity index (χ3v) is 3.57. The smallest absolute Gasteiger partial charge is 0.280 e. The summed E-state index contributed by atoms with van der Waals surface area (Å²) >= 11 is 0. The fourth-order valence-electron chi connectivity index (χ4n) is 2.48. The predicted molar refractivity (Wildman–Crippen MR) is 84.5 cm³/mol. The number of rotatable bonds is 2. The average molecular weight is 288 g/mol. The summed E-state index contributed by atoms with van der Waals surface area (Å²) in [4.78, 5) is 21.4. The van der Waals surface area contributed by atoms with Gasteiger partial charge in [0.1, 0.15) is 0 Å². The summed E-state index contributed by atoms with van der Waals surface area (Å²) in [6, 6.07) is 15.2. The summed E-state index contributed by atoms with van der Waals surface area (Å²) in [5.74, 6) is 0. The molecule has 4 aromatic rings. The van der Waals surface area contributed by atoms with E-state index in [-0.39, 0.29) is 5.56 Å². The number of nitrogens with one attached hydrogen (secondary N) is 1. The monoisotopic (exact) mass is 288 g/mol. The lowest BCUT2D eigenvalue weighted by Crippen LogP contribution is -2.16. The molecule has 0 radical (unpaired) electrons. The zero-order chi connectivity index (χ0) is 14.9. The highest BCUT2D eigenvalue weighted by Crippen LogP contribution is 2.21. The van der Waals surface area contributed by atoms with Gasteiger partial charge < -0.3 is 0 Å². The van der Waals surface area contributed by atoms with Crippen LogP contribution in [-0.4, -0.2) is 19.6 Å². The van der Waals surface area contributed by atoms with Crippen LogP contribution >= 0.6 is 0 Å². The number of aromatic amines is 1. The Morgan fingerprint density at radius 3 is 2.50 bits per heavy atom. The van der Waals surface area contributed by atoms with Crippen molar-refractivity contribution in [3.8, 4) is 22.4 Å². The zero-order valence-electron chi connectivity index (χ0n) is 11.6. The molecule has 0 amide bonds. The quantitative estimate of drug-likeness (QED) is 0.617. The Morgan fingerprint density at radius 1 is 0.909 bits per heavy atom. The molecule has 0 saturated carbocycles. The van der Waals surface area contributed by atoms with E-state index >= 15 is 0 Å². The van der Waals surface area contributed by atoms with Gasteiger partial charge in [0, 0.05) is 18.6 Å². The van der Waals surface area contributed by atoms with Crippen LogP contribution in [0.5, 0.6) is 0 Å². The van der Waals surface area contributed by atoms with E-state index in [0.717, 1.165) is 16.8 Å². The molecule has 0 saturated heterocycles.